The van der Waals surface area contributed by atoms with Crippen molar-refractivity contribution < 1.29 is 9.60 Å². The van der Waals surface area contributed by atoms with Crippen molar-refractivity contribution in [2.24, 2.45) is 10.9 Å². The Hall–Kier alpha value is -1.14. The predicted molar refractivity (Wildman–Crippen MR) is 73.1 cm³/mol. The first-order chi connectivity index (χ1) is 8.56. The molecular formula is C12H17BrFN3O. The van der Waals surface area contributed by atoms with E-state index in [4.69, 9.17) is 10.9 Å². The third-order valence-corrected chi connectivity index (χ3v) is 3.16. The Morgan fingerprint density at radius 2 is 2.28 bits per heavy atom. The van der Waals surface area contributed by atoms with Crippen LogP contribution in [-0.2, 0) is 6.54 Å². The third kappa shape index (κ3) is 4.62. The number of halogens is 2. The van der Waals surface area contributed by atoms with Crippen molar-refractivity contribution in [3.63, 3.8) is 0 Å². The van der Waals surface area contributed by atoms with Crippen molar-refractivity contribution in [1.29, 1.82) is 0 Å². The highest BCUT2D eigenvalue weighted by molar-refractivity contribution is 9.10. The van der Waals surface area contributed by atoms with Crippen molar-refractivity contribution in [1.82, 2.24) is 4.90 Å². The van der Waals surface area contributed by atoms with Gasteiger partial charge in [0.25, 0.3) is 0 Å². The fourth-order valence-corrected chi connectivity index (χ4v) is 1.90. The molecule has 1 rings (SSSR count). The average Bonchev–Trinajstić information content (AvgIpc) is 2.36. The average molecular weight is 318 g/mol. The second-order valence-corrected chi connectivity index (χ2v) is 4.86. The molecule has 0 saturated heterocycles. The van der Waals surface area contributed by atoms with Crippen LogP contribution in [0, 0.1) is 5.82 Å². The largest absolute Gasteiger partial charge is 0.409 e. The molecule has 0 aliphatic carbocycles. The third-order valence-electron chi connectivity index (χ3n) is 2.67. The van der Waals surface area contributed by atoms with Gasteiger partial charge in [0.2, 0.25) is 0 Å². The molecule has 0 heterocycles. The number of rotatable bonds is 6. The topological polar surface area (TPSA) is 61.8 Å². The first kappa shape index (κ1) is 14.9. The highest BCUT2D eigenvalue weighted by Gasteiger charge is 2.09. The first-order valence-electron chi connectivity index (χ1n) is 5.69. The second kappa shape index (κ2) is 7.33. The molecule has 0 amide bonds. The van der Waals surface area contributed by atoms with E-state index in [9.17, 15) is 4.39 Å². The van der Waals surface area contributed by atoms with Crippen LogP contribution in [0.25, 0.3) is 0 Å². The van der Waals surface area contributed by atoms with E-state index in [0.29, 0.717) is 25.1 Å². The number of hydrogen-bond donors (Lipinski definition) is 2. The molecule has 0 unspecified atom stereocenters. The van der Waals surface area contributed by atoms with Crippen LogP contribution in [-0.4, -0.2) is 29.0 Å². The van der Waals surface area contributed by atoms with E-state index in [1.165, 1.54) is 6.07 Å². The lowest BCUT2D eigenvalue weighted by molar-refractivity contribution is 0.279. The monoisotopic (exact) mass is 317 g/mol. The Kier molecular flexibility index (Phi) is 6.07. The molecule has 0 bridgehead atoms. The van der Waals surface area contributed by atoms with Crippen LogP contribution in [0.4, 0.5) is 4.39 Å². The van der Waals surface area contributed by atoms with Gasteiger partial charge in [-0.25, -0.2) is 4.39 Å². The molecule has 4 nitrogen and oxygen atoms in total. The molecule has 0 aliphatic rings. The maximum atomic E-state index is 13.7. The van der Waals surface area contributed by atoms with Crippen molar-refractivity contribution in [2.45, 2.75) is 19.9 Å². The van der Waals surface area contributed by atoms with Gasteiger partial charge in [0.1, 0.15) is 11.7 Å². The van der Waals surface area contributed by atoms with Gasteiger partial charge in [0, 0.05) is 29.5 Å². The summed E-state index contributed by atoms with van der Waals surface area (Å²) in [4.78, 5) is 2.03. The zero-order chi connectivity index (χ0) is 13.5. The Balaban J connectivity index is 2.62. The number of amidine groups is 1. The number of benzene rings is 1. The van der Waals surface area contributed by atoms with Crippen LogP contribution in [0.1, 0.15) is 18.9 Å². The Labute approximate surface area is 114 Å². The van der Waals surface area contributed by atoms with Gasteiger partial charge in [-0.15, -0.1) is 0 Å². The van der Waals surface area contributed by atoms with Crippen molar-refractivity contribution in [2.75, 3.05) is 13.1 Å². The summed E-state index contributed by atoms with van der Waals surface area (Å²) in [6, 6.07) is 5.02. The van der Waals surface area contributed by atoms with Gasteiger partial charge in [0.05, 0.1) is 0 Å². The molecule has 0 saturated carbocycles. The lowest BCUT2D eigenvalue weighted by Gasteiger charge is -2.20. The van der Waals surface area contributed by atoms with E-state index in [1.54, 1.807) is 6.07 Å². The fraction of sp³-hybridized carbons (Fsp3) is 0.417. The van der Waals surface area contributed by atoms with E-state index in [1.807, 2.05) is 17.9 Å². The number of oxime groups is 1. The summed E-state index contributed by atoms with van der Waals surface area (Å²) in [6.07, 6.45) is 0.461. The number of nitrogens with zero attached hydrogens (tertiary/aromatic N) is 2. The van der Waals surface area contributed by atoms with Crippen LogP contribution in [0.15, 0.2) is 27.8 Å². The summed E-state index contributed by atoms with van der Waals surface area (Å²) < 4.78 is 14.4. The molecule has 18 heavy (non-hydrogen) atoms. The maximum Gasteiger partial charge on any atom is 0.140 e. The lowest BCUT2D eigenvalue weighted by Crippen LogP contribution is -2.28. The van der Waals surface area contributed by atoms with Crippen LogP contribution in [0.2, 0.25) is 0 Å². The minimum atomic E-state index is -0.230. The zero-order valence-corrected chi connectivity index (χ0v) is 11.8. The first-order valence-corrected chi connectivity index (χ1v) is 6.48. The standard InChI is InChI=1S/C12H17BrFN3O/c1-2-17(6-5-12(15)16-18)8-9-3-4-10(13)7-11(9)14/h3-4,7,18H,2,5-6,8H2,1H3,(H2,15,16). The van der Waals surface area contributed by atoms with Gasteiger partial charge in [-0.2, -0.15) is 0 Å². The minimum absolute atomic E-state index is 0.185. The van der Waals surface area contributed by atoms with E-state index in [-0.39, 0.29) is 11.7 Å². The van der Waals surface area contributed by atoms with E-state index in [0.717, 1.165) is 11.0 Å². The minimum Gasteiger partial charge on any atom is -0.409 e. The van der Waals surface area contributed by atoms with Gasteiger partial charge in [0.15, 0.2) is 0 Å². The predicted octanol–water partition coefficient (Wildman–Crippen LogP) is 2.55. The van der Waals surface area contributed by atoms with Crippen LogP contribution >= 0.6 is 15.9 Å². The molecule has 0 aliphatic heterocycles. The summed E-state index contributed by atoms with van der Waals surface area (Å²) in [5.41, 5.74) is 6.05. The molecule has 6 heteroatoms. The molecular weight excluding hydrogens is 301 g/mol. The summed E-state index contributed by atoms with van der Waals surface area (Å²) >= 11 is 3.23. The van der Waals surface area contributed by atoms with Gasteiger partial charge in [-0.05, 0) is 18.7 Å². The fourth-order valence-electron chi connectivity index (χ4n) is 1.56. The number of nitrogens with two attached hydrogens (primary N) is 1. The molecule has 100 valence electrons. The van der Waals surface area contributed by atoms with Crippen molar-refractivity contribution in [3.8, 4) is 0 Å². The molecule has 0 aromatic heterocycles. The molecule has 1 aromatic rings. The van der Waals surface area contributed by atoms with Crippen molar-refractivity contribution in [3.05, 3.63) is 34.1 Å². The molecule has 0 fully saturated rings. The molecule has 1 aromatic carbocycles. The summed E-state index contributed by atoms with van der Waals surface area (Å²) in [5.74, 6) is -0.0450. The van der Waals surface area contributed by atoms with E-state index < -0.39 is 0 Å². The summed E-state index contributed by atoms with van der Waals surface area (Å²) in [5, 5.41) is 11.4. The van der Waals surface area contributed by atoms with Crippen LogP contribution in [0.5, 0.6) is 0 Å². The van der Waals surface area contributed by atoms with Crippen molar-refractivity contribution >= 4 is 21.8 Å². The maximum absolute atomic E-state index is 13.7. The van der Waals surface area contributed by atoms with Gasteiger partial charge in [-0.1, -0.05) is 34.1 Å². The highest BCUT2D eigenvalue weighted by atomic mass is 79.9. The Morgan fingerprint density at radius 1 is 1.56 bits per heavy atom. The molecule has 3 N–H and O–H groups in total. The van der Waals surface area contributed by atoms with Gasteiger partial charge < -0.3 is 10.9 Å². The van der Waals surface area contributed by atoms with E-state index >= 15 is 0 Å². The smallest absolute Gasteiger partial charge is 0.140 e. The quantitative estimate of drug-likeness (QED) is 0.367. The highest BCUT2D eigenvalue weighted by Crippen LogP contribution is 2.16. The molecule has 0 atom stereocenters. The SMILES string of the molecule is CCN(CCC(N)=NO)Cc1ccc(Br)cc1F. The summed E-state index contributed by atoms with van der Waals surface area (Å²) in [6.45, 7) is 3.90. The van der Waals surface area contributed by atoms with Crippen LogP contribution < -0.4 is 5.73 Å². The van der Waals surface area contributed by atoms with Gasteiger partial charge in [-0.3, -0.25) is 4.90 Å². The Bertz CT molecular complexity index is 426. The second-order valence-electron chi connectivity index (χ2n) is 3.95. The normalized spacial score (nSPS) is 12.1. The lowest BCUT2D eigenvalue weighted by atomic mass is 10.2. The summed E-state index contributed by atoms with van der Waals surface area (Å²) in [7, 11) is 0. The molecule has 0 radical (unpaired) electrons. The van der Waals surface area contributed by atoms with E-state index in [2.05, 4.69) is 21.1 Å². The van der Waals surface area contributed by atoms with Gasteiger partial charge >= 0.3 is 0 Å². The zero-order valence-electron chi connectivity index (χ0n) is 10.2. The van der Waals surface area contributed by atoms with Crippen LogP contribution in [0.3, 0.4) is 0 Å². The number of hydrogen-bond acceptors (Lipinski definition) is 3. The Morgan fingerprint density at radius 3 is 2.83 bits per heavy atom. The molecule has 0 spiro atoms.